The first-order valence-electron chi connectivity index (χ1n) is 6.77. The zero-order chi connectivity index (χ0) is 14.0. The zero-order valence-corrected chi connectivity index (χ0v) is 11.4. The number of nitrogens with one attached hydrogen (secondary N) is 1. The summed E-state index contributed by atoms with van der Waals surface area (Å²) in [6, 6.07) is -0.626. The fourth-order valence-electron chi connectivity index (χ4n) is 2.65. The van der Waals surface area contributed by atoms with Gasteiger partial charge in [-0.05, 0) is 26.2 Å². The van der Waals surface area contributed by atoms with Gasteiger partial charge >= 0.3 is 6.03 Å². The van der Waals surface area contributed by atoms with Crippen molar-refractivity contribution in [3.8, 4) is 0 Å². The second-order valence-corrected chi connectivity index (χ2v) is 5.46. The van der Waals surface area contributed by atoms with Crippen molar-refractivity contribution in [2.45, 2.75) is 45.1 Å². The number of nitrogens with zero attached hydrogens (tertiary/aromatic N) is 1. The lowest BCUT2D eigenvalue weighted by Crippen LogP contribution is -2.60. The van der Waals surface area contributed by atoms with Gasteiger partial charge in [0.1, 0.15) is 5.92 Å². The molecule has 2 aliphatic rings. The molecule has 2 fully saturated rings. The van der Waals surface area contributed by atoms with E-state index in [-0.39, 0.29) is 6.54 Å². The van der Waals surface area contributed by atoms with E-state index in [4.69, 9.17) is 4.74 Å². The Morgan fingerprint density at radius 2 is 2.16 bits per heavy atom. The van der Waals surface area contributed by atoms with E-state index < -0.39 is 29.4 Å². The summed E-state index contributed by atoms with van der Waals surface area (Å²) in [7, 11) is 0. The lowest BCUT2D eigenvalue weighted by molar-refractivity contribution is -0.145. The molecule has 2 aliphatic heterocycles. The molecule has 1 N–H and O–H groups in total. The number of imide groups is 2. The van der Waals surface area contributed by atoms with E-state index in [1.165, 1.54) is 0 Å². The van der Waals surface area contributed by atoms with E-state index in [1.807, 2.05) is 13.8 Å². The molecule has 0 aromatic rings. The number of amides is 4. The summed E-state index contributed by atoms with van der Waals surface area (Å²) in [5.74, 6) is -1.62. The molecule has 0 aliphatic carbocycles. The van der Waals surface area contributed by atoms with Crippen molar-refractivity contribution < 1.29 is 19.1 Å². The minimum Gasteiger partial charge on any atom is -0.373 e. The van der Waals surface area contributed by atoms with Crippen molar-refractivity contribution in [2.75, 3.05) is 13.2 Å². The van der Waals surface area contributed by atoms with Crippen molar-refractivity contribution in [3.63, 3.8) is 0 Å². The third kappa shape index (κ3) is 2.78. The van der Waals surface area contributed by atoms with Crippen LogP contribution < -0.4 is 5.32 Å². The Balaban J connectivity index is 2.12. The molecule has 6 nitrogen and oxygen atoms in total. The molecule has 2 unspecified atom stereocenters. The van der Waals surface area contributed by atoms with Crippen LogP contribution in [0.3, 0.4) is 0 Å². The van der Waals surface area contributed by atoms with Crippen LogP contribution >= 0.6 is 0 Å². The molecule has 0 bridgehead atoms. The van der Waals surface area contributed by atoms with Crippen LogP contribution in [-0.4, -0.2) is 41.5 Å². The van der Waals surface area contributed by atoms with E-state index in [0.717, 1.165) is 24.2 Å². The van der Waals surface area contributed by atoms with Crippen LogP contribution in [0.4, 0.5) is 4.79 Å². The molecule has 2 saturated heterocycles. The van der Waals surface area contributed by atoms with Crippen molar-refractivity contribution in [3.05, 3.63) is 0 Å². The van der Waals surface area contributed by atoms with Crippen LogP contribution in [-0.2, 0) is 14.3 Å². The number of carbonyl (C=O) groups excluding carboxylic acids is 3. The average molecular weight is 268 g/mol. The monoisotopic (exact) mass is 268 g/mol. The molecule has 2 atom stereocenters. The first-order chi connectivity index (χ1) is 8.97. The number of urea groups is 1. The van der Waals surface area contributed by atoms with Crippen LogP contribution in [0.1, 0.15) is 39.5 Å². The van der Waals surface area contributed by atoms with Gasteiger partial charge in [-0.25, -0.2) is 4.79 Å². The van der Waals surface area contributed by atoms with Crippen molar-refractivity contribution >= 4 is 17.8 Å². The molecule has 4 amide bonds. The SMILES string of the molecule is CCCC1C(=O)NC(=O)N(CC2(C)CCCO2)C1=O. The van der Waals surface area contributed by atoms with Crippen LogP contribution in [0.15, 0.2) is 0 Å². The van der Waals surface area contributed by atoms with Crippen LogP contribution in [0, 0.1) is 5.92 Å². The fourth-order valence-corrected chi connectivity index (χ4v) is 2.65. The van der Waals surface area contributed by atoms with E-state index in [9.17, 15) is 14.4 Å². The zero-order valence-electron chi connectivity index (χ0n) is 11.4. The first kappa shape index (κ1) is 14.0. The number of barbiturate groups is 1. The molecule has 0 aromatic carbocycles. The van der Waals surface area contributed by atoms with E-state index in [2.05, 4.69) is 5.32 Å². The summed E-state index contributed by atoms with van der Waals surface area (Å²) in [5, 5.41) is 2.26. The summed E-state index contributed by atoms with van der Waals surface area (Å²) in [5.41, 5.74) is -0.482. The minimum absolute atomic E-state index is 0.213. The summed E-state index contributed by atoms with van der Waals surface area (Å²) >= 11 is 0. The van der Waals surface area contributed by atoms with Gasteiger partial charge in [-0.3, -0.25) is 19.8 Å². The molecule has 0 radical (unpaired) electrons. The molecule has 19 heavy (non-hydrogen) atoms. The van der Waals surface area contributed by atoms with Gasteiger partial charge in [0, 0.05) is 6.61 Å². The number of hydrogen-bond acceptors (Lipinski definition) is 4. The Morgan fingerprint density at radius 1 is 1.42 bits per heavy atom. The molecule has 0 spiro atoms. The number of rotatable bonds is 4. The second-order valence-electron chi connectivity index (χ2n) is 5.46. The average Bonchev–Trinajstić information content (AvgIpc) is 2.77. The quantitative estimate of drug-likeness (QED) is 0.773. The normalized spacial score (nSPS) is 31.8. The lowest BCUT2D eigenvalue weighted by atomic mass is 9.96. The lowest BCUT2D eigenvalue weighted by Gasteiger charge is -2.35. The highest BCUT2D eigenvalue weighted by Crippen LogP contribution is 2.28. The smallest absolute Gasteiger partial charge is 0.330 e. The van der Waals surface area contributed by atoms with Gasteiger partial charge in [-0.1, -0.05) is 13.3 Å². The summed E-state index contributed by atoms with van der Waals surface area (Å²) in [6.45, 7) is 4.66. The fraction of sp³-hybridized carbons (Fsp3) is 0.769. The maximum atomic E-state index is 12.3. The van der Waals surface area contributed by atoms with Gasteiger partial charge < -0.3 is 4.74 Å². The molecule has 6 heteroatoms. The number of ether oxygens (including phenoxy) is 1. The van der Waals surface area contributed by atoms with Crippen molar-refractivity contribution in [1.82, 2.24) is 10.2 Å². The van der Waals surface area contributed by atoms with E-state index >= 15 is 0 Å². The maximum absolute atomic E-state index is 12.3. The summed E-state index contributed by atoms with van der Waals surface area (Å²) in [6.07, 6.45) is 2.93. The van der Waals surface area contributed by atoms with Crippen LogP contribution in [0.2, 0.25) is 0 Å². The Morgan fingerprint density at radius 3 is 2.74 bits per heavy atom. The maximum Gasteiger partial charge on any atom is 0.330 e. The van der Waals surface area contributed by atoms with Gasteiger partial charge in [0.25, 0.3) is 0 Å². The van der Waals surface area contributed by atoms with Gasteiger partial charge in [0.15, 0.2) is 0 Å². The third-order valence-corrected chi connectivity index (χ3v) is 3.73. The predicted octanol–water partition coefficient (Wildman–Crippen LogP) is 1.05. The van der Waals surface area contributed by atoms with E-state index in [0.29, 0.717) is 13.0 Å². The Labute approximate surface area is 112 Å². The van der Waals surface area contributed by atoms with Crippen LogP contribution in [0.25, 0.3) is 0 Å². The summed E-state index contributed by atoms with van der Waals surface area (Å²) in [4.78, 5) is 36.9. The molecular weight excluding hydrogens is 248 g/mol. The van der Waals surface area contributed by atoms with Gasteiger partial charge in [-0.2, -0.15) is 0 Å². The Kier molecular flexibility index (Phi) is 3.89. The Bertz CT molecular complexity index is 401. The third-order valence-electron chi connectivity index (χ3n) is 3.73. The predicted molar refractivity (Wildman–Crippen MR) is 67.2 cm³/mol. The highest BCUT2D eigenvalue weighted by molar-refractivity contribution is 6.16. The topological polar surface area (TPSA) is 75.7 Å². The van der Waals surface area contributed by atoms with Gasteiger partial charge in [0.05, 0.1) is 12.1 Å². The number of hydrogen-bond donors (Lipinski definition) is 1. The van der Waals surface area contributed by atoms with Gasteiger partial charge in [-0.15, -0.1) is 0 Å². The molecule has 0 aromatic heterocycles. The molecule has 2 rings (SSSR count). The highest BCUT2D eigenvalue weighted by Gasteiger charge is 2.43. The van der Waals surface area contributed by atoms with E-state index in [1.54, 1.807) is 0 Å². The minimum atomic E-state index is -0.743. The first-order valence-corrected chi connectivity index (χ1v) is 6.77. The molecular formula is C13H20N2O4. The highest BCUT2D eigenvalue weighted by atomic mass is 16.5. The molecule has 106 valence electrons. The van der Waals surface area contributed by atoms with Crippen LogP contribution in [0.5, 0.6) is 0 Å². The Hall–Kier alpha value is -1.43. The van der Waals surface area contributed by atoms with Crippen molar-refractivity contribution in [2.24, 2.45) is 5.92 Å². The molecule has 2 heterocycles. The van der Waals surface area contributed by atoms with Crippen molar-refractivity contribution in [1.29, 1.82) is 0 Å². The largest absolute Gasteiger partial charge is 0.373 e. The molecule has 0 saturated carbocycles. The second kappa shape index (κ2) is 5.28. The number of carbonyl (C=O) groups is 3. The standard InChI is InChI=1S/C13H20N2O4/c1-3-5-9-10(16)14-12(18)15(11(9)17)8-13(2)6-4-7-19-13/h9H,3-8H2,1-2H3,(H,14,16,18). The summed E-state index contributed by atoms with van der Waals surface area (Å²) < 4.78 is 5.60. The van der Waals surface area contributed by atoms with Gasteiger partial charge in [0.2, 0.25) is 11.8 Å².